The summed E-state index contributed by atoms with van der Waals surface area (Å²) in [5, 5.41) is 0.446. The highest BCUT2D eigenvalue weighted by Gasteiger charge is 2.08. The third-order valence-electron chi connectivity index (χ3n) is 2.75. The van der Waals surface area contributed by atoms with Gasteiger partial charge in [-0.2, -0.15) is 0 Å². The molecule has 3 rings (SSSR count). The molecule has 0 unspecified atom stereocenters. The molecule has 0 saturated carbocycles. The number of pyridine rings is 1. The van der Waals surface area contributed by atoms with Gasteiger partial charge in [0.1, 0.15) is 17.2 Å². The molecule has 0 radical (unpaired) electrons. The minimum Gasteiger partial charge on any atom is -0.382 e. The maximum atomic E-state index is 12.0. The van der Waals surface area contributed by atoms with E-state index in [-0.39, 0.29) is 11.4 Å². The molecule has 0 aliphatic rings. The average Bonchev–Trinajstić information content (AvgIpc) is 2.40. The summed E-state index contributed by atoms with van der Waals surface area (Å²) in [5.74, 6) is 0.756. The highest BCUT2D eigenvalue weighted by Crippen LogP contribution is 2.20. The number of nitrogen functional groups attached to an aromatic ring is 1. The van der Waals surface area contributed by atoms with Crippen molar-refractivity contribution in [1.29, 1.82) is 0 Å². The van der Waals surface area contributed by atoms with Gasteiger partial charge in [0.2, 0.25) is 0 Å². The first kappa shape index (κ1) is 12.1. The summed E-state index contributed by atoms with van der Waals surface area (Å²) < 4.78 is 1.07. The number of nitrogens with one attached hydrogen (secondary N) is 1. The summed E-state index contributed by atoms with van der Waals surface area (Å²) in [7, 11) is 0. The molecule has 0 aliphatic heterocycles. The van der Waals surface area contributed by atoms with E-state index >= 15 is 0 Å². The smallest absolute Gasteiger partial charge is 0.259 e. The van der Waals surface area contributed by atoms with E-state index in [0.717, 1.165) is 9.13 Å². The van der Waals surface area contributed by atoms with Crippen LogP contribution in [0.1, 0.15) is 0 Å². The molecule has 2 aromatic heterocycles. The molecule has 0 bridgehead atoms. The molecule has 94 valence electrons. The fourth-order valence-corrected chi connectivity index (χ4v) is 2.40. The van der Waals surface area contributed by atoms with Crippen molar-refractivity contribution >= 4 is 39.3 Å². The number of halogens is 1. The monoisotopic (exact) mass is 364 g/mol. The van der Waals surface area contributed by atoms with Crippen LogP contribution in [0.15, 0.2) is 41.3 Å². The summed E-state index contributed by atoms with van der Waals surface area (Å²) in [5.41, 5.74) is 6.83. The number of H-pyrrole nitrogens is 1. The van der Waals surface area contributed by atoms with Crippen molar-refractivity contribution in [3.05, 3.63) is 50.5 Å². The van der Waals surface area contributed by atoms with E-state index in [4.69, 9.17) is 5.73 Å². The Morgan fingerprint density at radius 3 is 2.89 bits per heavy atom. The van der Waals surface area contributed by atoms with Crippen LogP contribution >= 0.6 is 22.6 Å². The highest BCUT2D eigenvalue weighted by molar-refractivity contribution is 14.1. The van der Waals surface area contributed by atoms with Crippen LogP contribution in [-0.4, -0.2) is 15.0 Å². The molecule has 3 aromatic rings. The number of nitrogens with two attached hydrogens (primary N) is 1. The number of aromatic amines is 1. The van der Waals surface area contributed by atoms with Crippen molar-refractivity contribution in [3.63, 3.8) is 0 Å². The van der Waals surface area contributed by atoms with Crippen molar-refractivity contribution < 1.29 is 0 Å². The number of fused-ring (bicyclic) bond motifs is 1. The van der Waals surface area contributed by atoms with Crippen LogP contribution in [0.5, 0.6) is 0 Å². The Morgan fingerprint density at radius 1 is 1.26 bits per heavy atom. The predicted molar refractivity (Wildman–Crippen MR) is 82.7 cm³/mol. The van der Waals surface area contributed by atoms with Gasteiger partial charge in [-0.3, -0.25) is 4.79 Å². The number of nitrogens with zero attached hydrogens (tertiary/aromatic N) is 2. The van der Waals surface area contributed by atoms with Gasteiger partial charge in [0.15, 0.2) is 0 Å². The predicted octanol–water partition coefficient (Wildman–Crippen LogP) is 2.17. The third kappa shape index (κ3) is 2.19. The van der Waals surface area contributed by atoms with Crippen LogP contribution < -0.4 is 11.3 Å². The second kappa shape index (κ2) is 4.61. The Hall–Kier alpha value is -1.96. The van der Waals surface area contributed by atoms with Gasteiger partial charge in [-0.05, 0) is 40.8 Å². The number of aromatic nitrogens is 3. The van der Waals surface area contributed by atoms with E-state index in [0.29, 0.717) is 16.7 Å². The fourth-order valence-electron chi connectivity index (χ4n) is 1.86. The van der Waals surface area contributed by atoms with Gasteiger partial charge in [0.25, 0.3) is 5.56 Å². The second-order valence-electron chi connectivity index (χ2n) is 4.02. The molecule has 6 heteroatoms. The first-order valence-electron chi connectivity index (χ1n) is 5.55. The summed E-state index contributed by atoms with van der Waals surface area (Å²) in [6.07, 6.45) is 1.50. The summed E-state index contributed by atoms with van der Waals surface area (Å²) in [6, 6.07) is 9.32. The van der Waals surface area contributed by atoms with E-state index in [1.54, 1.807) is 6.07 Å². The fraction of sp³-hybridized carbons (Fsp3) is 0. The van der Waals surface area contributed by atoms with Crippen molar-refractivity contribution in [2.24, 2.45) is 0 Å². The third-order valence-corrected chi connectivity index (χ3v) is 3.42. The first-order chi connectivity index (χ1) is 9.15. The van der Waals surface area contributed by atoms with Gasteiger partial charge in [-0.15, -0.1) is 0 Å². The minimum absolute atomic E-state index is 0.215. The molecular weight excluding hydrogens is 355 g/mol. The first-order valence-corrected chi connectivity index (χ1v) is 6.63. The van der Waals surface area contributed by atoms with E-state index in [9.17, 15) is 4.79 Å². The molecule has 3 N–H and O–H groups in total. The molecule has 5 nitrogen and oxygen atoms in total. The molecule has 19 heavy (non-hydrogen) atoms. The van der Waals surface area contributed by atoms with Gasteiger partial charge in [-0.25, -0.2) is 9.97 Å². The number of anilines is 1. The quantitative estimate of drug-likeness (QED) is 0.649. The van der Waals surface area contributed by atoms with Gasteiger partial charge >= 0.3 is 0 Å². The molecule has 2 heterocycles. The van der Waals surface area contributed by atoms with Gasteiger partial charge in [-0.1, -0.05) is 12.1 Å². The lowest BCUT2D eigenvalue weighted by atomic mass is 10.2. The van der Waals surface area contributed by atoms with Crippen LogP contribution in [0, 0.1) is 3.57 Å². The lowest BCUT2D eigenvalue weighted by Gasteiger charge is -2.04. The topological polar surface area (TPSA) is 84.7 Å². The van der Waals surface area contributed by atoms with Crippen LogP contribution in [0.2, 0.25) is 0 Å². The zero-order valence-corrected chi connectivity index (χ0v) is 11.9. The molecular formula is C13H9IN4O. The van der Waals surface area contributed by atoms with E-state index in [1.165, 1.54) is 6.20 Å². The number of hydrogen-bond donors (Lipinski definition) is 2. The summed E-state index contributed by atoms with van der Waals surface area (Å²) >= 11 is 2.21. The second-order valence-corrected chi connectivity index (χ2v) is 5.26. The van der Waals surface area contributed by atoms with Crippen molar-refractivity contribution in [3.8, 4) is 11.4 Å². The Labute approximate surface area is 122 Å². The van der Waals surface area contributed by atoms with Crippen molar-refractivity contribution in [1.82, 2.24) is 15.0 Å². The van der Waals surface area contributed by atoms with Crippen LogP contribution in [-0.2, 0) is 0 Å². The molecule has 0 amide bonds. The SMILES string of the molecule is Nc1nccc2c(=O)[nH]c(-c3cccc(I)c3)nc12. The lowest BCUT2D eigenvalue weighted by molar-refractivity contribution is 1.17. The van der Waals surface area contributed by atoms with E-state index in [1.807, 2.05) is 24.3 Å². The van der Waals surface area contributed by atoms with Crippen molar-refractivity contribution in [2.45, 2.75) is 0 Å². The summed E-state index contributed by atoms with van der Waals surface area (Å²) in [6.45, 7) is 0. The minimum atomic E-state index is -0.215. The Morgan fingerprint density at radius 2 is 2.11 bits per heavy atom. The molecule has 0 fully saturated rings. The molecule has 1 aromatic carbocycles. The maximum Gasteiger partial charge on any atom is 0.259 e. The molecule has 0 aliphatic carbocycles. The van der Waals surface area contributed by atoms with Gasteiger partial charge < -0.3 is 10.7 Å². The van der Waals surface area contributed by atoms with Crippen LogP contribution in [0.4, 0.5) is 5.82 Å². The normalized spacial score (nSPS) is 10.8. The highest BCUT2D eigenvalue weighted by atomic mass is 127. The van der Waals surface area contributed by atoms with E-state index in [2.05, 4.69) is 37.5 Å². The molecule has 0 spiro atoms. The standard InChI is InChI=1S/C13H9IN4O/c14-8-3-1-2-7(6-8)12-17-10-9(13(19)18-12)4-5-16-11(10)15/h1-6H,(H2,15,16)(H,17,18,19). The molecule has 0 saturated heterocycles. The summed E-state index contributed by atoms with van der Waals surface area (Å²) in [4.78, 5) is 23.2. The maximum absolute atomic E-state index is 12.0. The van der Waals surface area contributed by atoms with Crippen LogP contribution in [0.25, 0.3) is 22.3 Å². The average molecular weight is 364 g/mol. The van der Waals surface area contributed by atoms with Crippen molar-refractivity contribution in [2.75, 3.05) is 5.73 Å². The van der Waals surface area contributed by atoms with E-state index < -0.39 is 0 Å². The Kier molecular flexibility index (Phi) is 2.94. The Bertz CT molecular complexity index is 828. The van der Waals surface area contributed by atoms with Crippen LogP contribution in [0.3, 0.4) is 0 Å². The lowest BCUT2D eigenvalue weighted by Crippen LogP contribution is -2.11. The number of benzene rings is 1. The molecule has 0 atom stereocenters. The van der Waals surface area contributed by atoms with Gasteiger partial charge in [0.05, 0.1) is 5.39 Å². The zero-order valence-electron chi connectivity index (χ0n) is 9.72. The Balaban J connectivity index is 2.32. The number of hydrogen-bond acceptors (Lipinski definition) is 4. The largest absolute Gasteiger partial charge is 0.382 e. The number of rotatable bonds is 1. The zero-order chi connectivity index (χ0) is 13.4. The van der Waals surface area contributed by atoms with Gasteiger partial charge in [0, 0.05) is 15.3 Å².